The van der Waals surface area contributed by atoms with Crippen molar-refractivity contribution in [2.45, 2.75) is 24.9 Å². The van der Waals surface area contributed by atoms with Gasteiger partial charge in [-0.2, -0.15) is 0 Å². The summed E-state index contributed by atoms with van der Waals surface area (Å²) in [5.41, 5.74) is 2.48. The van der Waals surface area contributed by atoms with Crippen molar-refractivity contribution < 1.29 is 4.79 Å². The Balaban J connectivity index is 1.54. The van der Waals surface area contributed by atoms with Gasteiger partial charge in [-0.3, -0.25) is 9.36 Å². The molecular weight excluding hydrogens is 477 g/mol. The van der Waals surface area contributed by atoms with Crippen molar-refractivity contribution in [3.8, 4) is 5.69 Å². The molecule has 1 fully saturated rings. The molecule has 10 heteroatoms. The van der Waals surface area contributed by atoms with E-state index in [0.29, 0.717) is 15.9 Å². The number of aromatic nitrogens is 3. The van der Waals surface area contributed by atoms with Crippen LogP contribution in [0.5, 0.6) is 0 Å². The Morgan fingerprint density at radius 1 is 1.06 bits per heavy atom. The number of nitrogens with zero attached hydrogens (tertiary/aromatic N) is 4. The van der Waals surface area contributed by atoms with Gasteiger partial charge in [-0.05, 0) is 44.0 Å². The first-order valence-corrected chi connectivity index (χ1v) is 11.9. The van der Waals surface area contributed by atoms with Crippen LogP contribution >= 0.6 is 46.6 Å². The Bertz CT molecular complexity index is 1070. The molecule has 0 spiro atoms. The van der Waals surface area contributed by atoms with Crippen molar-refractivity contribution in [1.29, 1.82) is 0 Å². The molecule has 1 amide bonds. The molecule has 0 saturated carbocycles. The molecule has 0 radical (unpaired) electrons. The van der Waals surface area contributed by atoms with Crippen molar-refractivity contribution >= 4 is 64.1 Å². The number of benzene rings is 2. The number of anilines is 2. The number of halogens is 3. The minimum atomic E-state index is -0.252. The molecule has 31 heavy (non-hydrogen) atoms. The summed E-state index contributed by atoms with van der Waals surface area (Å²) >= 11 is 19.6. The van der Waals surface area contributed by atoms with Crippen molar-refractivity contribution in [3.05, 3.63) is 57.0 Å². The predicted octanol–water partition coefficient (Wildman–Crippen LogP) is 5.87. The first kappa shape index (κ1) is 22.3. The van der Waals surface area contributed by atoms with E-state index in [9.17, 15) is 4.79 Å². The minimum Gasteiger partial charge on any atom is -0.341 e. The maximum absolute atomic E-state index is 12.6. The first-order valence-electron chi connectivity index (χ1n) is 9.77. The van der Waals surface area contributed by atoms with Gasteiger partial charge in [0.15, 0.2) is 5.16 Å². The summed E-state index contributed by atoms with van der Waals surface area (Å²) in [5, 5.41) is 13.2. The second-order valence-electron chi connectivity index (χ2n) is 7.23. The molecule has 0 aliphatic carbocycles. The van der Waals surface area contributed by atoms with Crippen molar-refractivity contribution in [3.63, 3.8) is 0 Å². The number of nitrogens with one attached hydrogen (secondary N) is 1. The molecule has 0 bridgehead atoms. The first-order chi connectivity index (χ1) is 14.9. The predicted molar refractivity (Wildman–Crippen MR) is 128 cm³/mol. The summed E-state index contributed by atoms with van der Waals surface area (Å²) in [5.74, 6) is 0.671. The second kappa shape index (κ2) is 9.69. The quantitative estimate of drug-likeness (QED) is 0.433. The average molecular weight is 497 g/mol. The van der Waals surface area contributed by atoms with E-state index in [0.717, 1.165) is 37.6 Å². The lowest BCUT2D eigenvalue weighted by molar-refractivity contribution is -0.113. The van der Waals surface area contributed by atoms with Crippen LogP contribution in [0.1, 0.15) is 18.4 Å². The van der Waals surface area contributed by atoms with Crippen LogP contribution in [0.25, 0.3) is 5.69 Å². The molecule has 1 aliphatic rings. The van der Waals surface area contributed by atoms with Crippen LogP contribution in [0.2, 0.25) is 15.1 Å². The van der Waals surface area contributed by atoms with Crippen LogP contribution in [0, 0.1) is 6.92 Å². The van der Waals surface area contributed by atoms with Gasteiger partial charge in [0.05, 0.1) is 27.2 Å². The highest BCUT2D eigenvalue weighted by molar-refractivity contribution is 7.99. The van der Waals surface area contributed by atoms with E-state index >= 15 is 0 Å². The van der Waals surface area contributed by atoms with Crippen molar-refractivity contribution in [2.75, 3.05) is 29.1 Å². The molecule has 6 nitrogen and oxygen atoms in total. The third-order valence-electron chi connectivity index (χ3n) is 4.90. The number of carbonyl (C=O) groups is 1. The molecule has 2 aromatic carbocycles. The summed E-state index contributed by atoms with van der Waals surface area (Å²) in [6, 6.07) is 11.2. The maximum atomic E-state index is 12.6. The van der Waals surface area contributed by atoms with Gasteiger partial charge in [0, 0.05) is 18.1 Å². The standard InChI is InChI=1S/C21H20Cl3N5OS/c1-13-4-6-15(7-5-13)29-20(28-8-2-3-9-28)26-27-21(29)31-12-18(30)25-19-16(23)10-14(22)11-17(19)24/h4-7,10-11H,2-3,8-9,12H2,1H3,(H,25,30). The van der Waals surface area contributed by atoms with Crippen LogP contribution in [0.15, 0.2) is 41.6 Å². The molecular formula is C21H20Cl3N5OS. The molecule has 2 heterocycles. The van der Waals surface area contributed by atoms with Gasteiger partial charge in [-0.15, -0.1) is 10.2 Å². The third kappa shape index (κ3) is 5.12. The normalized spacial score (nSPS) is 13.6. The largest absolute Gasteiger partial charge is 0.341 e. The SMILES string of the molecule is Cc1ccc(-n2c(SCC(=O)Nc3c(Cl)cc(Cl)cc3Cl)nnc2N2CCCC2)cc1. The zero-order chi connectivity index (χ0) is 22.0. The van der Waals surface area contributed by atoms with Crippen LogP contribution in [0.3, 0.4) is 0 Å². The number of hydrogen-bond acceptors (Lipinski definition) is 5. The van der Waals surface area contributed by atoms with Crippen LogP contribution in [0.4, 0.5) is 11.6 Å². The van der Waals surface area contributed by atoms with Gasteiger partial charge in [-0.25, -0.2) is 0 Å². The summed E-state index contributed by atoms with van der Waals surface area (Å²) < 4.78 is 2.00. The topological polar surface area (TPSA) is 63.1 Å². The van der Waals surface area contributed by atoms with Crippen LogP contribution in [-0.2, 0) is 4.79 Å². The Morgan fingerprint density at radius 3 is 2.35 bits per heavy atom. The Hall–Kier alpha value is -1.93. The number of thioether (sulfide) groups is 1. The van der Waals surface area contributed by atoms with Crippen molar-refractivity contribution in [2.24, 2.45) is 0 Å². The fourth-order valence-electron chi connectivity index (χ4n) is 3.36. The van der Waals surface area contributed by atoms with Gasteiger partial charge in [-0.1, -0.05) is 64.3 Å². The number of carbonyl (C=O) groups excluding carboxylic acids is 1. The monoisotopic (exact) mass is 495 g/mol. The highest BCUT2D eigenvalue weighted by Crippen LogP contribution is 2.34. The fourth-order valence-corrected chi connectivity index (χ4v) is 5.02. The average Bonchev–Trinajstić information content (AvgIpc) is 3.39. The molecule has 1 N–H and O–H groups in total. The van der Waals surface area contributed by atoms with Crippen molar-refractivity contribution in [1.82, 2.24) is 14.8 Å². The summed E-state index contributed by atoms with van der Waals surface area (Å²) in [4.78, 5) is 14.8. The lowest BCUT2D eigenvalue weighted by Gasteiger charge is -2.18. The van der Waals surface area contributed by atoms with E-state index in [-0.39, 0.29) is 21.7 Å². The van der Waals surface area contributed by atoms with E-state index in [4.69, 9.17) is 34.8 Å². The lowest BCUT2D eigenvalue weighted by atomic mass is 10.2. The van der Waals surface area contributed by atoms with E-state index in [1.807, 2.05) is 23.6 Å². The van der Waals surface area contributed by atoms with Crippen LogP contribution < -0.4 is 10.2 Å². The molecule has 1 aliphatic heterocycles. The third-order valence-corrected chi connectivity index (χ3v) is 6.64. The van der Waals surface area contributed by atoms with Crippen LogP contribution in [-0.4, -0.2) is 39.5 Å². The number of amides is 1. The maximum Gasteiger partial charge on any atom is 0.234 e. The van der Waals surface area contributed by atoms with Gasteiger partial charge >= 0.3 is 0 Å². The Labute approximate surface area is 199 Å². The van der Waals surface area contributed by atoms with E-state index in [2.05, 4.69) is 32.5 Å². The summed E-state index contributed by atoms with van der Waals surface area (Å²) in [6.07, 6.45) is 2.27. The fraction of sp³-hybridized carbons (Fsp3) is 0.286. The Morgan fingerprint density at radius 2 is 1.71 bits per heavy atom. The summed E-state index contributed by atoms with van der Waals surface area (Å²) in [7, 11) is 0. The zero-order valence-electron chi connectivity index (χ0n) is 16.7. The molecule has 4 rings (SSSR count). The Kier molecular flexibility index (Phi) is 6.96. The smallest absolute Gasteiger partial charge is 0.234 e. The second-order valence-corrected chi connectivity index (χ2v) is 9.42. The van der Waals surface area contributed by atoms with E-state index in [1.54, 1.807) is 0 Å². The molecule has 162 valence electrons. The molecule has 0 unspecified atom stereocenters. The highest BCUT2D eigenvalue weighted by atomic mass is 35.5. The molecule has 0 atom stereocenters. The summed E-state index contributed by atoms with van der Waals surface area (Å²) in [6.45, 7) is 3.94. The number of rotatable bonds is 6. The van der Waals surface area contributed by atoms with E-state index < -0.39 is 0 Å². The minimum absolute atomic E-state index is 0.124. The molecule has 1 saturated heterocycles. The number of aryl methyl sites for hydroxylation is 1. The molecule has 3 aromatic rings. The van der Waals surface area contributed by atoms with Gasteiger partial charge in [0.2, 0.25) is 11.9 Å². The molecule has 1 aromatic heterocycles. The van der Waals surface area contributed by atoms with E-state index in [1.165, 1.54) is 29.5 Å². The highest BCUT2D eigenvalue weighted by Gasteiger charge is 2.23. The van der Waals surface area contributed by atoms with Gasteiger partial charge in [0.25, 0.3) is 0 Å². The number of hydrogen-bond donors (Lipinski definition) is 1. The van der Waals surface area contributed by atoms with Gasteiger partial charge < -0.3 is 10.2 Å². The zero-order valence-corrected chi connectivity index (χ0v) is 19.8. The lowest BCUT2D eigenvalue weighted by Crippen LogP contribution is -2.22. The van der Waals surface area contributed by atoms with Gasteiger partial charge in [0.1, 0.15) is 0 Å².